The van der Waals surface area contributed by atoms with Crippen LogP contribution in [0.3, 0.4) is 0 Å². The second-order valence-corrected chi connectivity index (χ2v) is 9.83. The number of ether oxygens (including phenoxy) is 2. The number of aliphatic hydroxyl groups is 1. The van der Waals surface area contributed by atoms with Gasteiger partial charge in [0.2, 0.25) is 0 Å². The van der Waals surface area contributed by atoms with Gasteiger partial charge in [0.05, 0.1) is 35.5 Å². The van der Waals surface area contributed by atoms with E-state index in [4.69, 9.17) is 9.47 Å². The fourth-order valence-electron chi connectivity index (χ4n) is 4.39. The number of rotatable bonds is 8. The molecular formula is C29H26N2O6S. The van der Waals surface area contributed by atoms with Crippen LogP contribution >= 0.6 is 11.3 Å². The molecule has 0 saturated carbocycles. The maximum absolute atomic E-state index is 13.4. The van der Waals surface area contributed by atoms with Crippen LogP contribution in [-0.2, 0) is 9.59 Å². The summed E-state index contributed by atoms with van der Waals surface area (Å²) in [6.07, 6.45) is 1.86. The van der Waals surface area contributed by atoms with E-state index in [1.165, 1.54) is 28.4 Å². The van der Waals surface area contributed by atoms with E-state index in [-0.39, 0.29) is 17.1 Å². The van der Waals surface area contributed by atoms with Crippen molar-refractivity contribution in [3.05, 3.63) is 83.4 Å². The number of Topliss-reactive ketones (excluding diaryl/α,β-unsaturated/α-hetero) is 1. The Bertz CT molecular complexity index is 1560. The van der Waals surface area contributed by atoms with Crippen LogP contribution in [0.5, 0.6) is 17.2 Å². The van der Waals surface area contributed by atoms with Crippen molar-refractivity contribution >= 4 is 44.1 Å². The molecule has 1 aliphatic rings. The second-order valence-electron chi connectivity index (χ2n) is 8.82. The fraction of sp³-hybridized carbons (Fsp3) is 0.207. The zero-order chi connectivity index (χ0) is 26.8. The Labute approximate surface area is 223 Å². The standard InChI is InChI=1S/C29H26N2O6S/c1-3-4-13-37-21-10-6-8-18(15-21)26(33)24-25(17-7-5-9-19(32)14-17)31(28(35)27(24)34)29-30-22-12-11-20(36-2)16-23(22)38-29/h5-12,14-16,25,32-33H,3-4,13H2,1-2H3/b26-24+. The number of carbonyl (C=O) groups is 2. The summed E-state index contributed by atoms with van der Waals surface area (Å²) >= 11 is 1.23. The highest BCUT2D eigenvalue weighted by molar-refractivity contribution is 7.22. The molecular weight excluding hydrogens is 504 g/mol. The lowest BCUT2D eigenvalue weighted by molar-refractivity contribution is -0.132. The van der Waals surface area contributed by atoms with E-state index in [0.717, 1.165) is 17.5 Å². The Balaban J connectivity index is 1.65. The molecule has 0 spiro atoms. The third kappa shape index (κ3) is 4.68. The number of hydrogen-bond donors (Lipinski definition) is 2. The molecule has 194 valence electrons. The molecule has 3 aromatic carbocycles. The average Bonchev–Trinajstić information content (AvgIpc) is 3.46. The van der Waals surface area contributed by atoms with Crippen LogP contribution in [0.15, 0.2) is 72.3 Å². The van der Waals surface area contributed by atoms with Crippen LogP contribution in [0.1, 0.15) is 36.9 Å². The molecule has 4 aromatic rings. The molecule has 1 amide bonds. The zero-order valence-corrected chi connectivity index (χ0v) is 21.7. The maximum Gasteiger partial charge on any atom is 0.301 e. The summed E-state index contributed by atoms with van der Waals surface area (Å²) in [5.41, 5.74) is 1.34. The van der Waals surface area contributed by atoms with Crippen molar-refractivity contribution in [3.63, 3.8) is 0 Å². The number of methoxy groups -OCH3 is 1. The highest BCUT2D eigenvalue weighted by atomic mass is 32.1. The predicted molar refractivity (Wildman–Crippen MR) is 146 cm³/mol. The van der Waals surface area contributed by atoms with Gasteiger partial charge in [0.25, 0.3) is 5.78 Å². The van der Waals surface area contributed by atoms with Crippen LogP contribution < -0.4 is 14.4 Å². The normalized spacial score (nSPS) is 16.8. The number of benzene rings is 3. The molecule has 2 N–H and O–H groups in total. The van der Waals surface area contributed by atoms with Gasteiger partial charge in [-0.25, -0.2) is 4.98 Å². The lowest BCUT2D eigenvalue weighted by atomic mass is 9.95. The summed E-state index contributed by atoms with van der Waals surface area (Å²) < 4.78 is 11.8. The van der Waals surface area contributed by atoms with Crippen molar-refractivity contribution in [1.29, 1.82) is 0 Å². The topological polar surface area (TPSA) is 109 Å². The minimum absolute atomic E-state index is 0.0338. The number of aromatic nitrogens is 1. The molecule has 9 heteroatoms. The number of ketones is 1. The van der Waals surface area contributed by atoms with E-state index in [2.05, 4.69) is 11.9 Å². The monoisotopic (exact) mass is 530 g/mol. The number of hydrogen-bond acceptors (Lipinski definition) is 8. The number of fused-ring (bicyclic) bond motifs is 1. The van der Waals surface area contributed by atoms with Crippen molar-refractivity contribution in [2.45, 2.75) is 25.8 Å². The zero-order valence-electron chi connectivity index (χ0n) is 20.9. The minimum Gasteiger partial charge on any atom is -0.508 e. The molecule has 8 nitrogen and oxygen atoms in total. The molecule has 1 aromatic heterocycles. The number of unbranched alkanes of at least 4 members (excludes halogenated alkanes) is 1. The first-order valence-corrected chi connectivity index (χ1v) is 13.0. The summed E-state index contributed by atoms with van der Waals surface area (Å²) in [5.74, 6) is -0.839. The number of amides is 1. The fourth-order valence-corrected chi connectivity index (χ4v) is 5.41. The van der Waals surface area contributed by atoms with Crippen molar-refractivity contribution in [3.8, 4) is 17.2 Å². The van der Waals surface area contributed by atoms with Crippen LogP contribution in [0, 0.1) is 0 Å². The number of nitrogens with zero attached hydrogens (tertiary/aromatic N) is 2. The Morgan fingerprint density at radius 1 is 1.05 bits per heavy atom. The molecule has 1 fully saturated rings. The quantitative estimate of drug-likeness (QED) is 0.128. The number of anilines is 1. The van der Waals surface area contributed by atoms with Crippen LogP contribution in [0.2, 0.25) is 0 Å². The molecule has 1 atom stereocenters. The molecule has 2 heterocycles. The van der Waals surface area contributed by atoms with E-state index < -0.39 is 17.7 Å². The first-order chi connectivity index (χ1) is 18.4. The van der Waals surface area contributed by atoms with Gasteiger partial charge in [-0.2, -0.15) is 0 Å². The smallest absolute Gasteiger partial charge is 0.301 e. The van der Waals surface area contributed by atoms with Crippen molar-refractivity contribution in [2.75, 3.05) is 18.6 Å². The van der Waals surface area contributed by atoms with Crippen molar-refractivity contribution in [1.82, 2.24) is 4.98 Å². The largest absolute Gasteiger partial charge is 0.508 e. The van der Waals surface area contributed by atoms with Crippen LogP contribution in [0.25, 0.3) is 16.0 Å². The maximum atomic E-state index is 13.4. The first-order valence-electron chi connectivity index (χ1n) is 12.2. The Morgan fingerprint density at radius 3 is 2.63 bits per heavy atom. The predicted octanol–water partition coefficient (Wildman–Crippen LogP) is 5.82. The molecule has 0 bridgehead atoms. The van der Waals surface area contributed by atoms with E-state index in [0.29, 0.717) is 39.9 Å². The number of phenolic OH excluding ortho intramolecular Hbond substituents is 1. The molecule has 1 aliphatic heterocycles. The SMILES string of the molecule is CCCCOc1cccc(/C(O)=C2\C(=O)C(=O)N(c3nc4ccc(OC)cc4s3)C2c2cccc(O)c2)c1. The highest BCUT2D eigenvalue weighted by Crippen LogP contribution is 2.45. The van der Waals surface area contributed by atoms with Gasteiger partial charge in [-0.3, -0.25) is 14.5 Å². The highest BCUT2D eigenvalue weighted by Gasteiger charge is 2.48. The molecule has 0 aliphatic carbocycles. The Kier molecular flexibility index (Phi) is 7.02. The number of aromatic hydroxyl groups is 1. The molecule has 5 rings (SSSR count). The van der Waals surface area contributed by atoms with Gasteiger partial charge in [-0.1, -0.05) is 48.9 Å². The Morgan fingerprint density at radius 2 is 1.87 bits per heavy atom. The number of aliphatic hydroxyl groups excluding tert-OH is 1. The van der Waals surface area contributed by atoms with Crippen LogP contribution in [0.4, 0.5) is 5.13 Å². The Hall–Kier alpha value is -4.37. The summed E-state index contributed by atoms with van der Waals surface area (Å²) in [6, 6.07) is 17.4. The van der Waals surface area contributed by atoms with E-state index in [9.17, 15) is 19.8 Å². The first kappa shape index (κ1) is 25.3. The molecule has 1 saturated heterocycles. The molecule has 1 unspecified atom stereocenters. The summed E-state index contributed by atoms with van der Waals surface area (Å²) in [6.45, 7) is 2.59. The van der Waals surface area contributed by atoms with Crippen molar-refractivity contribution in [2.24, 2.45) is 0 Å². The van der Waals surface area contributed by atoms with E-state index in [1.807, 2.05) is 0 Å². The van der Waals surface area contributed by atoms with Gasteiger partial charge in [-0.05, 0) is 54.4 Å². The number of thiazole rings is 1. The third-order valence-corrected chi connectivity index (χ3v) is 7.31. The summed E-state index contributed by atoms with van der Waals surface area (Å²) in [5, 5.41) is 21.9. The van der Waals surface area contributed by atoms with Gasteiger partial charge in [-0.15, -0.1) is 0 Å². The van der Waals surface area contributed by atoms with Crippen LogP contribution in [-0.4, -0.2) is 40.6 Å². The van der Waals surface area contributed by atoms with E-state index in [1.54, 1.807) is 61.7 Å². The lowest BCUT2D eigenvalue weighted by Gasteiger charge is -2.23. The van der Waals surface area contributed by atoms with Gasteiger partial charge in [0, 0.05) is 5.56 Å². The lowest BCUT2D eigenvalue weighted by Crippen LogP contribution is -2.29. The summed E-state index contributed by atoms with van der Waals surface area (Å²) in [7, 11) is 1.56. The number of phenols is 1. The average molecular weight is 531 g/mol. The molecule has 38 heavy (non-hydrogen) atoms. The van der Waals surface area contributed by atoms with Gasteiger partial charge in [0.1, 0.15) is 23.0 Å². The van der Waals surface area contributed by atoms with E-state index >= 15 is 0 Å². The van der Waals surface area contributed by atoms with Gasteiger partial charge >= 0.3 is 5.91 Å². The second kappa shape index (κ2) is 10.5. The number of carbonyl (C=O) groups excluding carboxylic acids is 2. The van der Waals surface area contributed by atoms with Gasteiger partial charge in [0.15, 0.2) is 5.13 Å². The minimum atomic E-state index is -1.01. The van der Waals surface area contributed by atoms with Gasteiger partial charge < -0.3 is 19.7 Å². The summed E-state index contributed by atoms with van der Waals surface area (Å²) in [4.78, 5) is 32.8. The molecule has 0 radical (unpaired) electrons. The van der Waals surface area contributed by atoms with Crippen molar-refractivity contribution < 1.29 is 29.3 Å². The third-order valence-electron chi connectivity index (χ3n) is 6.29.